The summed E-state index contributed by atoms with van der Waals surface area (Å²) >= 11 is 24.6. The Morgan fingerprint density at radius 1 is 0.793 bits per heavy atom. The van der Waals surface area contributed by atoms with E-state index in [1.807, 2.05) is 0 Å². The number of hydrogen-bond acceptors (Lipinski definition) is 4. The lowest BCUT2D eigenvalue weighted by Crippen LogP contribution is -2.39. The maximum Gasteiger partial charge on any atom is 0.283 e. The zero-order valence-electron chi connectivity index (χ0n) is 14.3. The Morgan fingerprint density at radius 3 is 1.97 bits per heavy atom. The van der Waals surface area contributed by atoms with Gasteiger partial charge in [0, 0.05) is 21.2 Å². The van der Waals surface area contributed by atoms with E-state index in [1.165, 1.54) is 30.3 Å². The molecule has 0 bridgehead atoms. The fraction of sp³-hybridized carbons (Fsp3) is 0.0526. The second-order valence-corrected chi connectivity index (χ2v) is 9.23. The maximum absolute atomic E-state index is 13.0. The first-order valence-electron chi connectivity index (χ1n) is 7.90. The van der Waals surface area contributed by atoms with Crippen molar-refractivity contribution in [3.05, 3.63) is 91.4 Å². The Bertz CT molecular complexity index is 1200. The van der Waals surface area contributed by atoms with Crippen LogP contribution in [-0.2, 0) is 14.9 Å². The number of halogens is 4. The van der Waals surface area contributed by atoms with Gasteiger partial charge in [-0.3, -0.25) is 4.55 Å². The van der Waals surface area contributed by atoms with Crippen LogP contribution in [0.15, 0.2) is 54.6 Å². The van der Waals surface area contributed by atoms with Crippen molar-refractivity contribution in [1.82, 2.24) is 0 Å². The monoisotopic (exact) mass is 492 g/mol. The summed E-state index contributed by atoms with van der Waals surface area (Å²) < 4.78 is 34.0. The molecule has 3 aromatic rings. The molecule has 0 heterocycles. The van der Waals surface area contributed by atoms with Crippen LogP contribution in [0.1, 0.15) is 16.7 Å². The van der Waals surface area contributed by atoms with Crippen LogP contribution in [0.25, 0.3) is 0 Å². The van der Waals surface area contributed by atoms with Crippen LogP contribution in [0.3, 0.4) is 0 Å². The zero-order chi connectivity index (χ0) is 21.6. The molecule has 5 nitrogen and oxygen atoms in total. The quantitative estimate of drug-likeness (QED) is 0.239. The summed E-state index contributed by atoms with van der Waals surface area (Å²) in [6.45, 7) is 0. The average Bonchev–Trinajstić information content (AvgIpc) is 2.65. The Labute approximate surface area is 186 Å². The number of benzene rings is 3. The first kappa shape index (κ1) is 22.0. The highest BCUT2D eigenvalue weighted by atomic mass is 35.5. The van der Waals surface area contributed by atoms with Crippen molar-refractivity contribution in [2.45, 2.75) is 4.75 Å². The van der Waals surface area contributed by atoms with Crippen LogP contribution in [0, 0.1) is 0 Å². The molecule has 0 saturated heterocycles. The molecule has 10 heteroatoms. The van der Waals surface area contributed by atoms with E-state index in [0.29, 0.717) is 0 Å². The molecule has 0 fully saturated rings. The Balaban J connectivity index is 2.62. The molecule has 152 valence electrons. The van der Waals surface area contributed by atoms with Gasteiger partial charge in [0.2, 0.25) is 0 Å². The molecule has 29 heavy (non-hydrogen) atoms. The summed E-state index contributed by atoms with van der Waals surface area (Å²) in [6, 6.07) is 12.5. The molecule has 0 aliphatic carbocycles. The number of hydrogen-bond donors (Lipinski definition) is 3. The van der Waals surface area contributed by atoms with E-state index in [0.717, 1.165) is 6.07 Å². The molecule has 0 aliphatic heterocycles. The van der Waals surface area contributed by atoms with E-state index in [4.69, 9.17) is 46.4 Å². The lowest BCUT2D eigenvalue weighted by atomic mass is 9.83. The van der Waals surface area contributed by atoms with E-state index in [-0.39, 0.29) is 26.7 Å². The summed E-state index contributed by atoms with van der Waals surface area (Å²) in [5.41, 5.74) is -0.326. The van der Waals surface area contributed by atoms with Crippen LogP contribution in [0.5, 0.6) is 11.5 Å². The highest BCUT2D eigenvalue weighted by Gasteiger charge is 2.51. The SMILES string of the molecule is O=S(=O)(O)C(c1ccccc1)(c1ccc(Cl)cc1Cl)c1cc(O)c(O)c(Cl)c1Cl. The van der Waals surface area contributed by atoms with Gasteiger partial charge in [0.05, 0.1) is 5.02 Å². The molecule has 3 aromatic carbocycles. The van der Waals surface area contributed by atoms with Crippen LogP contribution < -0.4 is 0 Å². The Kier molecular flexibility index (Phi) is 5.98. The molecular weight excluding hydrogens is 482 g/mol. The van der Waals surface area contributed by atoms with E-state index < -0.39 is 36.4 Å². The molecule has 0 aliphatic rings. The molecule has 3 N–H and O–H groups in total. The second kappa shape index (κ2) is 7.87. The maximum atomic E-state index is 13.0. The highest BCUT2D eigenvalue weighted by molar-refractivity contribution is 7.87. The smallest absolute Gasteiger partial charge is 0.283 e. The van der Waals surface area contributed by atoms with E-state index in [9.17, 15) is 23.2 Å². The molecule has 0 spiro atoms. The zero-order valence-corrected chi connectivity index (χ0v) is 18.1. The minimum Gasteiger partial charge on any atom is -0.504 e. The van der Waals surface area contributed by atoms with Crippen LogP contribution in [-0.4, -0.2) is 23.2 Å². The predicted molar refractivity (Wildman–Crippen MR) is 114 cm³/mol. The number of rotatable bonds is 4. The minimum atomic E-state index is -5.05. The van der Waals surface area contributed by atoms with Gasteiger partial charge in [-0.15, -0.1) is 0 Å². The first-order valence-corrected chi connectivity index (χ1v) is 10.9. The normalized spacial score (nSPS) is 13.8. The molecular formula is C19H12Cl4O5S. The molecule has 0 amide bonds. The average molecular weight is 494 g/mol. The third-order valence-electron chi connectivity index (χ3n) is 4.42. The lowest BCUT2D eigenvalue weighted by molar-refractivity contribution is 0.402. The van der Waals surface area contributed by atoms with Gasteiger partial charge in [-0.05, 0) is 23.8 Å². The lowest BCUT2D eigenvalue weighted by Gasteiger charge is -2.34. The van der Waals surface area contributed by atoms with Crippen LogP contribution in [0.4, 0.5) is 0 Å². The molecule has 3 rings (SSSR count). The molecule has 1 unspecified atom stereocenters. The third-order valence-corrected chi connectivity index (χ3v) is 7.27. The van der Waals surface area contributed by atoms with Gasteiger partial charge in [-0.2, -0.15) is 8.42 Å². The van der Waals surface area contributed by atoms with Crippen molar-refractivity contribution < 1.29 is 23.2 Å². The molecule has 0 saturated carbocycles. The van der Waals surface area contributed by atoms with Crippen LogP contribution >= 0.6 is 46.4 Å². The summed E-state index contributed by atoms with van der Waals surface area (Å²) in [6.07, 6.45) is 0. The van der Waals surface area contributed by atoms with Gasteiger partial charge in [0.25, 0.3) is 10.1 Å². The fourth-order valence-corrected chi connectivity index (χ4v) is 5.67. The molecule has 1 atom stereocenters. The number of phenolic OH excluding ortho intramolecular Hbond substituents is 2. The van der Waals surface area contributed by atoms with Gasteiger partial charge < -0.3 is 10.2 Å². The predicted octanol–water partition coefficient (Wildman–Crippen LogP) is 5.89. The Morgan fingerprint density at radius 2 is 1.41 bits per heavy atom. The summed E-state index contributed by atoms with van der Waals surface area (Å²) in [5, 5.41) is 19.3. The van der Waals surface area contributed by atoms with E-state index in [2.05, 4.69) is 0 Å². The topological polar surface area (TPSA) is 94.8 Å². The highest BCUT2D eigenvalue weighted by Crippen LogP contribution is 2.53. The standard InChI is InChI=1S/C19H12Cl4O5S/c20-11-6-7-12(14(21)8-11)19(29(26,27)28,10-4-2-1-3-5-10)13-9-15(24)18(25)17(23)16(13)22/h1-9,24-25H,(H,26,27,28). The number of phenols is 2. The van der Waals surface area contributed by atoms with E-state index in [1.54, 1.807) is 18.2 Å². The van der Waals surface area contributed by atoms with Gasteiger partial charge in [-0.1, -0.05) is 82.8 Å². The summed E-state index contributed by atoms with van der Waals surface area (Å²) in [4.78, 5) is 0. The van der Waals surface area contributed by atoms with Crippen molar-refractivity contribution >= 4 is 56.5 Å². The van der Waals surface area contributed by atoms with Crippen molar-refractivity contribution in [2.75, 3.05) is 0 Å². The largest absolute Gasteiger partial charge is 0.504 e. The summed E-state index contributed by atoms with van der Waals surface area (Å²) in [5.74, 6) is -1.47. The van der Waals surface area contributed by atoms with Crippen molar-refractivity contribution in [3.8, 4) is 11.5 Å². The van der Waals surface area contributed by atoms with Gasteiger partial charge in [0.1, 0.15) is 5.02 Å². The Hall–Kier alpha value is -1.67. The van der Waals surface area contributed by atoms with Gasteiger partial charge in [-0.25, -0.2) is 0 Å². The van der Waals surface area contributed by atoms with Crippen molar-refractivity contribution in [3.63, 3.8) is 0 Å². The number of aromatic hydroxyl groups is 2. The molecule has 0 aromatic heterocycles. The fourth-order valence-electron chi connectivity index (χ4n) is 3.19. The third kappa shape index (κ3) is 3.54. The second-order valence-electron chi connectivity index (χ2n) is 6.07. The van der Waals surface area contributed by atoms with Crippen molar-refractivity contribution in [1.29, 1.82) is 0 Å². The van der Waals surface area contributed by atoms with Gasteiger partial charge >= 0.3 is 0 Å². The van der Waals surface area contributed by atoms with Crippen molar-refractivity contribution in [2.24, 2.45) is 0 Å². The minimum absolute atomic E-state index is 0.0646. The van der Waals surface area contributed by atoms with Crippen LogP contribution in [0.2, 0.25) is 20.1 Å². The molecule has 0 radical (unpaired) electrons. The van der Waals surface area contributed by atoms with Gasteiger partial charge in [0.15, 0.2) is 16.2 Å². The summed E-state index contributed by atoms with van der Waals surface area (Å²) in [7, 11) is -5.05. The first-order chi connectivity index (χ1) is 13.5. The van der Waals surface area contributed by atoms with E-state index >= 15 is 0 Å².